The maximum Gasteiger partial charge on any atom is 0.306 e. The Morgan fingerprint density at radius 2 is 1.17 bits per heavy atom. The summed E-state index contributed by atoms with van der Waals surface area (Å²) in [5.41, 5.74) is 0. The molecular formula is C24H45BrO4. The number of alkyl halides is 1. The minimum Gasteiger partial charge on any atom is -0.469 e. The molecule has 0 aromatic carbocycles. The summed E-state index contributed by atoms with van der Waals surface area (Å²) >= 11 is 3.38. The Kier molecular flexibility index (Phi) is 21.7. The first-order valence-corrected chi connectivity index (χ1v) is 13.1. The Morgan fingerprint density at radius 3 is 1.69 bits per heavy atom. The monoisotopic (exact) mass is 476 g/mol. The molecule has 1 atom stereocenters. The first-order chi connectivity index (χ1) is 14.1. The van der Waals surface area contributed by atoms with Crippen LogP contribution in [-0.2, 0) is 19.1 Å². The summed E-state index contributed by atoms with van der Waals surface area (Å²) in [6.07, 6.45) is 19.6. The third-order valence-electron chi connectivity index (χ3n) is 5.33. The van der Waals surface area contributed by atoms with E-state index in [-0.39, 0.29) is 18.0 Å². The van der Waals surface area contributed by atoms with E-state index in [1.807, 2.05) is 0 Å². The van der Waals surface area contributed by atoms with E-state index in [4.69, 9.17) is 4.74 Å². The fraction of sp³-hybridized carbons (Fsp3) is 0.917. The van der Waals surface area contributed by atoms with Gasteiger partial charge in [0.1, 0.15) is 6.10 Å². The molecule has 0 N–H and O–H groups in total. The zero-order chi connectivity index (χ0) is 21.6. The van der Waals surface area contributed by atoms with Gasteiger partial charge in [0.05, 0.1) is 7.11 Å². The third-order valence-corrected chi connectivity index (χ3v) is 5.89. The van der Waals surface area contributed by atoms with E-state index in [0.717, 1.165) is 56.7 Å². The SMILES string of the molecule is CCCCCCCCCC(CCCCCCCCC(=O)OC)OC(=O)CCCBr. The van der Waals surface area contributed by atoms with Gasteiger partial charge < -0.3 is 9.47 Å². The summed E-state index contributed by atoms with van der Waals surface area (Å²) in [4.78, 5) is 23.1. The Morgan fingerprint density at radius 1 is 0.690 bits per heavy atom. The Labute approximate surface area is 188 Å². The lowest BCUT2D eigenvalue weighted by molar-refractivity contribution is -0.150. The van der Waals surface area contributed by atoms with Crippen LogP contribution in [0.1, 0.15) is 122 Å². The lowest BCUT2D eigenvalue weighted by Crippen LogP contribution is -2.18. The third kappa shape index (κ3) is 20.5. The molecule has 0 fully saturated rings. The maximum atomic E-state index is 12.0. The lowest BCUT2D eigenvalue weighted by Gasteiger charge is -2.18. The maximum absolute atomic E-state index is 12.0. The van der Waals surface area contributed by atoms with Crippen molar-refractivity contribution in [2.45, 2.75) is 129 Å². The van der Waals surface area contributed by atoms with Gasteiger partial charge in [-0.2, -0.15) is 0 Å². The van der Waals surface area contributed by atoms with Gasteiger partial charge in [0.15, 0.2) is 0 Å². The number of esters is 2. The highest BCUT2D eigenvalue weighted by molar-refractivity contribution is 9.09. The number of hydrogen-bond acceptors (Lipinski definition) is 4. The molecule has 0 radical (unpaired) electrons. The van der Waals surface area contributed by atoms with Gasteiger partial charge in [0, 0.05) is 18.2 Å². The van der Waals surface area contributed by atoms with Crippen molar-refractivity contribution in [3.63, 3.8) is 0 Å². The summed E-state index contributed by atoms with van der Waals surface area (Å²) in [5.74, 6) is -0.153. The van der Waals surface area contributed by atoms with Crippen molar-refractivity contribution < 1.29 is 19.1 Å². The second-order valence-corrected chi connectivity index (χ2v) is 8.84. The topological polar surface area (TPSA) is 52.6 Å². The van der Waals surface area contributed by atoms with Gasteiger partial charge in [-0.25, -0.2) is 0 Å². The fourth-order valence-electron chi connectivity index (χ4n) is 3.50. The van der Waals surface area contributed by atoms with Crippen molar-refractivity contribution in [1.29, 1.82) is 0 Å². The highest BCUT2D eigenvalue weighted by atomic mass is 79.9. The van der Waals surface area contributed by atoms with E-state index in [9.17, 15) is 9.59 Å². The van der Waals surface area contributed by atoms with Crippen LogP contribution >= 0.6 is 15.9 Å². The van der Waals surface area contributed by atoms with Crippen LogP contribution in [0.4, 0.5) is 0 Å². The standard InChI is InChI=1S/C24H45BrO4/c1-3-4-5-6-7-10-13-17-22(29-24(27)20-16-21-25)18-14-11-8-9-12-15-19-23(26)28-2/h22H,3-21H2,1-2H3. The van der Waals surface area contributed by atoms with Crippen molar-refractivity contribution in [2.24, 2.45) is 0 Å². The predicted octanol–water partition coefficient (Wildman–Crippen LogP) is 7.51. The minimum atomic E-state index is -0.111. The van der Waals surface area contributed by atoms with Crippen LogP contribution in [0, 0.1) is 0 Å². The highest BCUT2D eigenvalue weighted by Gasteiger charge is 2.14. The normalized spacial score (nSPS) is 12.0. The lowest BCUT2D eigenvalue weighted by atomic mass is 10.0. The summed E-state index contributed by atoms with van der Waals surface area (Å²) in [5, 5.41) is 0.848. The summed E-state index contributed by atoms with van der Waals surface area (Å²) in [6.45, 7) is 2.25. The molecule has 0 aliphatic heterocycles. The Balaban J connectivity index is 3.92. The van der Waals surface area contributed by atoms with E-state index in [0.29, 0.717) is 12.8 Å². The largest absolute Gasteiger partial charge is 0.469 e. The Hall–Kier alpha value is -0.580. The van der Waals surface area contributed by atoms with Crippen molar-refractivity contribution in [1.82, 2.24) is 0 Å². The molecule has 0 aliphatic carbocycles. The van der Waals surface area contributed by atoms with Crippen LogP contribution < -0.4 is 0 Å². The van der Waals surface area contributed by atoms with E-state index < -0.39 is 0 Å². The van der Waals surface area contributed by atoms with Crippen molar-refractivity contribution >= 4 is 27.9 Å². The van der Waals surface area contributed by atoms with Crippen molar-refractivity contribution in [2.75, 3.05) is 12.4 Å². The molecule has 0 bridgehead atoms. The molecule has 0 rings (SSSR count). The molecule has 0 saturated heterocycles. The van der Waals surface area contributed by atoms with Crippen LogP contribution in [0.3, 0.4) is 0 Å². The number of carbonyl (C=O) groups is 2. The molecule has 0 aromatic heterocycles. The average molecular weight is 478 g/mol. The van der Waals surface area contributed by atoms with E-state index in [1.54, 1.807) is 0 Å². The van der Waals surface area contributed by atoms with E-state index >= 15 is 0 Å². The van der Waals surface area contributed by atoms with Gasteiger partial charge in [-0.3, -0.25) is 9.59 Å². The fourth-order valence-corrected chi connectivity index (χ4v) is 3.78. The molecule has 0 aromatic rings. The number of ether oxygens (including phenoxy) is 2. The zero-order valence-electron chi connectivity index (χ0n) is 19.0. The average Bonchev–Trinajstić information content (AvgIpc) is 2.72. The minimum absolute atomic E-state index is 0.0415. The first kappa shape index (κ1) is 28.4. The molecular weight excluding hydrogens is 432 g/mol. The predicted molar refractivity (Wildman–Crippen MR) is 124 cm³/mol. The van der Waals surface area contributed by atoms with Gasteiger partial charge in [0.25, 0.3) is 0 Å². The molecule has 0 saturated carbocycles. The second kappa shape index (κ2) is 22.1. The van der Waals surface area contributed by atoms with E-state index in [2.05, 4.69) is 27.6 Å². The number of carbonyl (C=O) groups excluding carboxylic acids is 2. The molecule has 0 spiro atoms. The van der Waals surface area contributed by atoms with Crippen molar-refractivity contribution in [3.05, 3.63) is 0 Å². The number of unbranched alkanes of at least 4 members (excludes halogenated alkanes) is 11. The van der Waals surface area contributed by atoms with Crippen LogP contribution in [-0.4, -0.2) is 30.5 Å². The number of methoxy groups -OCH3 is 1. The smallest absolute Gasteiger partial charge is 0.306 e. The van der Waals surface area contributed by atoms with Gasteiger partial charge in [-0.05, 0) is 38.5 Å². The van der Waals surface area contributed by atoms with Gasteiger partial charge in [0.2, 0.25) is 0 Å². The molecule has 0 aliphatic rings. The van der Waals surface area contributed by atoms with E-state index in [1.165, 1.54) is 58.5 Å². The summed E-state index contributed by atoms with van der Waals surface area (Å²) in [7, 11) is 1.44. The summed E-state index contributed by atoms with van der Waals surface area (Å²) in [6, 6.07) is 0. The van der Waals surface area contributed by atoms with Crippen LogP contribution in [0.5, 0.6) is 0 Å². The number of rotatable bonds is 21. The second-order valence-electron chi connectivity index (χ2n) is 8.05. The zero-order valence-corrected chi connectivity index (χ0v) is 20.6. The van der Waals surface area contributed by atoms with Gasteiger partial charge >= 0.3 is 11.9 Å². The quantitative estimate of drug-likeness (QED) is 0.0975. The van der Waals surface area contributed by atoms with Crippen LogP contribution in [0.25, 0.3) is 0 Å². The molecule has 29 heavy (non-hydrogen) atoms. The first-order valence-electron chi connectivity index (χ1n) is 12.0. The molecule has 4 nitrogen and oxygen atoms in total. The van der Waals surface area contributed by atoms with Crippen LogP contribution in [0.2, 0.25) is 0 Å². The van der Waals surface area contributed by atoms with Gasteiger partial charge in [-0.1, -0.05) is 87.1 Å². The molecule has 172 valence electrons. The van der Waals surface area contributed by atoms with Crippen LogP contribution in [0.15, 0.2) is 0 Å². The molecule has 0 amide bonds. The summed E-state index contributed by atoms with van der Waals surface area (Å²) < 4.78 is 10.4. The highest BCUT2D eigenvalue weighted by Crippen LogP contribution is 2.18. The molecule has 1 unspecified atom stereocenters. The van der Waals surface area contributed by atoms with Crippen molar-refractivity contribution in [3.8, 4) is 0 Å². The number of halogens is 1. The Bertz CT molecular complexity index is 387. The van der Waals surface area contributed by atoms with Gasteiger partial charge in [-0.15, -0.1) is 0 Å². The number of hydrogen-bond donors (Lipinski definition) is 0. The molecule has 0 heterocycles. The molecule has 5 heteroatoms.